The summed E-state index contributed by atoms with van der Waals surface area (Å²) in [6.07, 6.45) is 0. The number of thiophene rings is 1. The summed E-state index contributed by atoms with van der Waals surface area (Å²) < 4.78 is 4.85. The summed E-state index contributed by atoms with van der Waals surface area (Å²) in [6, 6.07) is 2.02. The minimum Gasteiger partial charge on any atom is -0.337 e. The first kappa shape index (κ1) is 12.7. The van der Waals surface area contributed by atoms with E-state index in [1.165, 1.54) is 0 Å². The van der Waals surface area contributed by atoms with Gasteiger partial charge in [0.15, 0.2) is 0 Å². The Morgan fingerprint density at radius 1 is 1.59 bits per heavy atom. The number of rotatable bonds is 3. The average molecular weight is 332 g/mol. The molecule has 0 unspecified atom stereocenters. The molecular formula is C10H10BrN3OS2. The van der Waals surface area contributed by atoms with E-state index in [1.807, 2.05) is 11.4 Å². The van der Waals surface area contributed by atoms with Crippen LogP contribution in [0.5, 0.6) is 0 Å². The maximum atomic E-state index is 12.1. The highest BCUT2D eigenvalue weighted by atomic mass is 79.9. The Balaban J connectivity index is 2.08. The van der Waals surface area contributed by atoms with E-state index in [9.17, 15) is 4.79 Å². The molecule has 0 aromatic carbocycles. The van der Waals surface area contributed by atoms with Crippen LogP contribution in [0, 0.1) is 6.92 Å². The molecule has 0 radical (unpaired) electrons. The minimum atomic E-state index is -0.0279. The third-order valence-electron chi connectivity index (χ3n) is 2.23. The molecule has 0 bridgehead atoms. The van der Waals surface area contributed by atoms with Gasteiger partial charge in [-0.3, -0.25) is 4.79 Å². The number of hydrogen-bond acceptors (Lipinski definition) is 5. The third kappa shape index (κ3) is 2.91. The van der Waals surface area contributed by atoms with Crippen molar-refractivity contribution in [3.05, 3.63) is 31.4 Å². The molecule has 2 aromatic rings. The standard InChI is InChI=1S/C10H10BrN3OS2/c1-6-9(17-13-12-6)10(15)14(2)4-7-3-8(11)16-5-7/h3,5H,4H2,1-2H3. The molecule has 0 atom stereocenters. The van der Waals surface area contributed by atoms with Crippen LogP contribution in [0.1, 0.15) is 20.9 Å². The number of aryl methyl sites for hydroxylation is 1. The molecule has 2 heterocycles. The zero-order valence-corrected chi connectivity index (χ0v) is 12.5. The Hall–Kier alpha value is -0.790. The highest BCUT2D eigenvalue weighted by Gasteiger charge is 2.17. The van der Waals surface area contributed by atoms with Gasteiger partial charge < -0.3 is 4.90 Å². The van der Waals surface area contributed by atoms with Gasteiger partial charge in [-0.15, -0.1) is 16.4 Å². The Labute approximate surface area is 116 Å². The molecule has 1 amide bonds. The van der Waals surface area contributed by atoms with Crippen LogP contribution in [0.25, 0.3) is 0 Å². The molecule has 4 nitrogen and oxygen atoms in total. The highest BCUT2D eigenvalue weighted by molar-refractivity contribution is 9.11. The molecule has 90 valence electrons. The second kappa shape index (κ2) is 5.24. The first-order valence-electron chi connectivity index (χ1n) is 4.85. The van der Waals surface area contributed by atoms with E-state index < -0.39 is 0 Å². The van der Waals surface area contributed by atoms with Gasteiger partial charge in [-0.2, -0.15) is 0 Å². The van der Waals surface area contributed by atoms with Crippen molar-refractivity contribution in [2.24, 2.45) is 0 Å². The van der Waals surface area contributed by atoms with Crippen LogP contribution in [0.2, 0.25) is 0 Å². The predicted octanol–water partition coefficient (Wildman–Crippen LogP) is 2.94. The van der Waals surface area contributed by atoms with Gasteiger partial charge in [-0.1, -0.05) is 4.49 Å². The molecule has 0 N–H and O–H groups in total. The van der Waals surface area contributed by atoms with Gasteiger partial charge in [-0.25, -0.2) is 0 Å². The number of amides is 1. The SMILES string of the molecule is Cc1nnsc1C(=O)N(C)Cc1csc(Br)c1. The smallest absolute Gasteiger partial charge is 0.267 e. The van der Waals surface area contributed by atoms with Crippen LogP contribution in [0.4, 0.5) is 0 Å². The molecule has 2 aromatic heterocycles. The molecule has 2 rings (SSSR count). The zero-order chi connectivity index (χ0) is 12.4. The largest absolute Gasteiger partial charge is 0.337 e. The van der Waals surface area contributed by atoms with Crippen molar-refractivity contribution < 1.29 is 4.79 Å². The Morgan fingerprint density at radius 2 is 2.35 bits per heavy atom. The van der Waals surface area contributed by atoms with Crippen molar-refractivity contribution in [2.75, 3.05) is 7.05 Å². The lowest BCUT2D eigenvalue weighted by Crippen LogP contribution is -2.25. The van der Waals surface area contributed by atoms with Crippen molar-refractivity contribution in [1.29, 1.82) is 0 Å². The lowest BCUT2D eigenvalue weighted by atomic mass is 10.3. The van der Waals surface area contributed by atoms with Crippen molar-refractivity contribution >= 4 is 44.7 Å². The average Bonchev–Trinajstić information content (AvgIpc) is 2.86. The zero-order valence-electron chi connectivity index (χ0n) is 9.31. The molecule has 0 saturated carbocycles. The lowest BCUT2D eigenvalue weighted by Gasteiger charge is -2.15. The van der Waals surface area contributed by atoms with Crippen LogP contribution < -0.4 is 0 Å². The first-order chi connectivity index (χ1) is 8.08. The van der Waals surface area contributed by atoms with Gasteiger partial charge in [0.05, 0.1) is 9.48 Å². The topological polar surface area (TPSA) is 46.1 Å². The number of carbonyl (C=O) groups excluding carboxylic acids is 1. The summed E-state index contributed by atoms with van der Waals surface area (Å²) in [4.78, 5) is 14.4. The number of nitrogens with zero attached hydrogens (tertiary/aromatic N) is 3. The van der Waals surface area contributed by atoms with Gasteiger partial charge >= 0.3 is 0 Å². The number of halogens is 1. The summed E-state index contributed by atoms with van der Waals surface area (Å²) in [5.41, 5.74) is 1.81. The van der Waals surface area contributed by atoms with E-state index in [-0.39, 0.29) is 5.91 Å². The van der Waals surface area contributed by atoms with E-state index in [0.29, 0.717) is 17.1 Å². The van der Waals surface area contributed by atoms with E-state index >= 15 is 0 Å². The molecule has 0 spiro atoms. The van der Waals surface area contributed by atoms with Crippen molar-refractivity contribution in [3.8, 4) is 0 Å². The van der Waals surface area contributed by atoms with Gasteiger partial charge in [0.2, 0.25) is 0 Å². The monoisotopic (exact) mass is 331 g/mol. The fraction of sp³-hybridized carbons (Fsp3) is 0.300. The molecule has 0 aliphatic carbocycles. The molecule has 7 heteroatoms. The Bertz CT molecular complexity index is 537. The summed E-state index contributed by atoms with van der Waals surface area (Å²) in [7, 11) is 1.78. The summed E-state index contributed by atoms with van der Waals surface area (Å²) in [6.45, 7) is 2.39. The molecule has 0 fully saturated rings. The van der Waals surface area contributed by atoms with Crippen LogP contribution in [-0.2, 0) is 6.54 Å². The normalized spacial score (nSPS) is 10.5. The lowest BCUT2D eigenvalue weighted by molar-refractivity contribution is 0.0789. The van der Waals surface area contributed by atoms with Crippen LogP contribution in [-0.4, -0.2) is 27.4 Å². The van der Waals surface area contributed by atoms with Gasteiger partial charge in [-0.05, 0) is 51.4 Å². The summed E-state index contributed by atoms with van der Waals surface area (Å²) in [5, 5.41) is 5.88. The fourth-order valence-corrected chi connectivity index (χ4v) is 3.23. The summed E-state index contributed by atoms with van der Waals surface area (Å²) in [5.74, 6) is -0.0279. The van der Waals surface area contributed by atoms with E-state index in [2.05, 4.69) is 25.5 Å². The molecule has 0 aliphatic heterocycles. The number of carbonyl (C=O) groups is 1. The minimum absolute atomic E-state index is 0.0279. The molecule has 0 saturated heterocycles. The second-order valence-corrected chi connectivity index (χ2v) is 6.65. The second-order valence-electron chi connectivity index (χ2n) is 3.61. The van der Waals surface area contributed by atoms with E-state index in [0.717, 1.165) is 20.9 Å². The van der Waals surface area contributed by atoms with Gasteiger partial charge in [0.25, 0.3) is 5.91 Å². The van der Waals surface area contributed by atoms with E-state index in [1.54, 1.807) is 30.2 Å². The molecular weight excluding hydrogens is 322 g/mol. The Kier molecular flexibility index (Phi) is 3.90. The highest BCUT2D eigenvalue weighted by Crippen LogP contribution is 2.22. The molecule has 0 aliphatic rings. The van der Waals surface area contributed by atoms with Crippen LogP contribution >= 0.6 is 38.8 Å². The van der Waals surface area contributed by atoms with Crippen LogP contribution in [0.15, 0.2) is 15.2 Å². The molecule has 17 heavy (non-hydrogen) atoms. The van der Waals surface area contributed by atoms with Crippen molar-refractivity contribution in [1.82, 2.24) is 14.5 Å². The fourth-order valence-electron chi connectivity index (χ4n) is 1.38. The number of hydrogen-bond donors (Lipinski definition) is 0. The van der Waals surface area contributed by atoms with Gasteiger partial charge in [0.1, 0.15) is 4.88 Å². The summed E-state index contributed by atoms with van der Waals surface area (Å²) >= 11 is 6.16. The van der Waals surface area contributed by atoms with Crippen molar-refractivity contribution in [2.45, 2.75) is 13.5 Å². The Morgan fingerprint density at radius 3 is 2.88 bits per heavy atom. The number of aromatic nitrogens is 2. The van der Waals surface area contributed by atoms with E-state index in [4.69, 9.17) is 0 Å². The van der Waals surface area contributed by atoms with Crippen molar-refractivity contribution in [3.63, 3.8) is 0 Å². The quantitative estimate of drug-likeness (QED) is 0.868. The first-order valence-corrected chi connectivity index (χ1v) is 7.30. The predicted molar refractivity (Wildman–Crippen MR) is 72.5 cm³/mol. The van der Waals surface area contributed by atoms with Crippen LogP contribution in [0.3, 0.4) is 0 Å². The maximum Gasteiger partial charge on any atom is 0.267 e. The van der Waals surface area contributed by atoms with Gasteiger partial charge in [0, 0.05) is 13.6 Å². The maximum absolute atomic E-state index is 12.1. The third-order valence-corrected chi connectivity index (χ3v) is 4.60.